The molecule has 2 aromatic carbocycles. The van der Waals surface area contributed by atoms with Gasteiger partial charge in [0.2, 0.25) is 0 Å². The molecule has 0 bridgehead atoms. The second-order valence-corrected chi connectivity index (χ2v) is 5.64. The van der Waals surface area contributed by atoms with E-state index in [1.54, 1.807) is 6.07 Å². The highest BCUT2D eigenvalue weighted by Crippen LogP contribution is 2.27. The van der Waals surface area contributed by atoms with Crippen LogP contribution in [0.4, 0.5) is 0 Å². The molecule has 2 aromatic rings. The van der Waals surface area contributed by atoms with Gasteiger partial charge in [-0.05, 0) is 62.1 Å². The largest absolute Gasteiger partial charge is 0.488 e. The van der Waals surface area contributed by atoms with E-state index >= 15 is 0 Å². The maximum absolute atomic E-state index is 11.2. The summed E-state index contributed by atoms with van der Waals surface area (Å²) in [5, 5.41) is 0. The lowest BCUT2D eigenvalue weighted by atomic mass is 10.1. The van der Waals surface area contributed by atoms with Gasteiger partial charge in [-0.1, -0.05) is 18.2 Å². The van der Waals surface area contributed by atoms with Gasteiger partial charge in [0.05, 0.1) is 0 Å². The molecule has 0 spiro atoms. The first-order valence-electron chi connectivity index (χ1n) is 7.36. The topological polar surface area (TPSA) is 35.5 Å². The number of aryl methyl sites for hydroxylation is 4. The predicted octanol–water partition coefficient (Wildman–Crippen LogP) is 4.42. The predicted molar refractivity (Wildman–Crippen MR) is 87.5 cm³/mol. The van der Waals surface area contributed by atoms with E-state index in [9.17, 15) is 4.79 Å². The van der Waals surface area contributed by atoms with Crippen LogP contribution in [0.15, 0.2) is 30.3 Å². The molecule has 0 unspecified atom stereocenters. The second kappa shape index (κ2) is 6.65. The van der Waals surface area contributed by atoms with Crippen molar-refractivity contribution in [2.45, 2.75) is 41.2 Å². The molecule has 0 aliphatic heterocycles. The van der Waals surface area contributed by atoms with Crippen molar-refractivity contribution in [2.75, 3.05) is 0 Å². The van der Waals surface area contributed by atoms with Gasteiger partial charge in [0.15, 0.2) is 0 Å². The fourth-order valence-electron chi connectivity index (χ4n) is 2.35. The Morgan fingerprint density at radius 3 is 2.27 bits per heavy atom. The first kappa shape index (κ1) is 16.1. The van der Waals surface area contributed by atoms with Crippen molar-refractivity contribution in [3.05, 3.63) is 58.1 Å². The fraction of sp³-hybridized carbons (Fsp3) is 0.316. The Balaban J connectivity index is 2.25. The summed E-state index contributed by atoms with van der Waals surface area (Å²) in [5.74, 6) is 1.10. The van der Waals surface area contributed by atoms with Gasteiger partial charge in [0.1, 0.15) is 18.1 Å². The van der Waals surface area contributed by atoms with Gasteiger partial charge in [-0.3, -0.25) is 4.79 Å². The molecule has 0 fully saturated rings. The van der Waals surface area contributed by atoms with Gasteiger partial charge < -0.3 is 9.47 Å². The van der Waals surface area contributed by atoms with Gasteiger partial charge in [-0.25, -0.2) is 0 Å². The number of carbonyl (C=O) groups is 1. The summed E-state index contributed by atoms with van der Waals surface area (Å²) in [7, 11) is 0. The lowest BCUT2D eigenvalue weighted by molar-refractivity contribution is -0.131. The molecule has 0 N–H and O–H groups in total. The summed E-state index contributed by atoms with van der Waals surface area (Å²) in [5.41, 5.74) is 5.49. The minimum Gasteiger partial charge on any atom is -0.488 e. The number of hydrogen-bond donors (Lipinski definition) is 0. The molecule has 0 heterocycles. The van der Waals surface area contributed by atoms with Gasteiger partial charge in [-0.15, -0.1) is 0 Å². The minimum absolute atomic E-state index is 0.325. The first-order chi connectivity index (χ1) is 10.4. The lowest BCUT2D eigenvalue weighted by Gasteiger charge is -2.15. The molecular formula is C19H22O3. The normalized spacial score (nSPS) is 10.4. The average Bonchev–Trinajstić information content (AvgIpc) is 2.43. The molecule has 0 atom stereocenters. The maximum Gasteiger partial charge on any atom is 0.308 e. The van der Waals surface area contributed by atoms with Crippen LogP contribution in [0.3, 0.4) is 0 Å². The Hall–Kier alpha value is -2.29. The third-order valence-electron chi connectivity index (χ3n) is 3.78. The van der Waals surface area contributed by atoms with Crippen molar-refractivity contribution >= 4 is 5.97 Å². The van der Waals surface area contributed by atoms with Gasteiger partial charge >= 0.3 is 5.97 Å². The van der Waals surface area contributed by atoms with Crippen LogP contribution in [-0.2, 0) is 11.4 Å². The fourth-order valence-corrected chi connectivity index (χ4v) is 2.35. The highest BCUT2D eigenvalue weighted by Gasteiger charge is 2.11. The van der Waals surface area contributed by atoms with Gasteiger partial charge in [0, 0.05) is 12.5 Å². The van der Waals surface area contributed by atoms with Crippen LogP contribution in [0.5, 0.6) is 11.5 Å². The second-order valence-electron chi connectivity index (χ2n) is 5.64. The van der Waals surface area contributed by atoms with Gasteiger partial charge in [-0.2, -0.15) is 0 Å². The minimum atomic E-state index is -0.325. The zero-order valence-electron chi connectivity index (χ0n) is 13.8. The molecule has 0 amide bonds. The van der Waals surface area contributed by atoms with E-state index in [4.69, 9.17) is 9.47 Å². The Morgan fingerprint density at radius 1 is 0.909 bits per heavy atom. The molecule has 3 heteroatoms. The number of esters is 1. The van der Waals surface area contributed by atoms with Crippen LogP contribution >= 0.6 is 0 Å². The van der Waals surface area contributed by atoms with E-state index in [1.807, 2.05) is 26.0 Å². The van der Waals surface area contributed by atoms with Crippen LogP contribution < -0.4 is 9.47 Å². The van der Waals surface area contributed by atoms with E-state index in [0.29, 0.717) is 12.4 Å². The lowest BCUT2D eigenvalue weighted by Crippen LogP contribution is -2.07. The van der Waals surface area contributed by atoms with Crippen molar-refractivity contribution < 1.29 is 14.3 Å². The number of ether oxygens (including phenoxy) is 2. The van der Waals surface area contributed by atoms with Crippen LogP contribution in [0, 0.1) is 27.7 Å². The molecule has 0 saturated heterocycles. The third-order valence-corrected chi connectivity index (χ3v) is 3.78. The SMILES string of the molecule is CC(=O)Oc1cccc(C)c1COc1cc(C)c(C)cc1C. The number of carbonyl (C=O) groups excluding carboxylic acids is 1. The Labute approximate surface area is 131 Å². The standard InChI is InChI=1S/C19H22O3/c1-12-7-6-8-18(22-16(5)20)17(12)11-21-19-10-14(3)13(2)9-15(19)4/h6-10H,11H2,1-5H3. The summed E-state index contributed by atoms with van der Waals surface area (Å²) in [6, 6.07) is 9.82. The first-order valence-corrected chi connectivity index (χ1v) is 7.36. The Morgan fingerprint density at radius 2 is 1.59 bits per heavy atom. The summed E-state index contributed by atoms with van der Waals surface area (Å²) in [4.78, 5) is 11.2. The molecule has 0 radical (unpaired) electrons. The van der Waals surface area contributed by atoms with E-state index in [0.717, 1.165) is 22.4 Å². The Kier molecular flexibility index (Phi) is 4.86. The molecule has 2 rings (SSSR count). The van der Waals surface area contributed by atoms with E-state index < -0.39 is 0 Å². The van der Waals surface area contributed by atoms with Crippen molar-refractivity contribution in [2.24, 2.45) is 0 Å². The summed E-state index contributed by atoms with van der Waals surface area (Å²) < 4.78 is 11.2. The van der Waals surface area contributed by atoms with Crippen LogP contribution in [0.1, 0.15) is 34.7 Å². The molecule has 3 nitrogen and oxygen atoms in total. The third kappa shape index (κ3) is 3.67. The molecule has 0 aliphatic carbocycles. The van der Waals surface area contributed by atoms with Crippen LogP contribution in [-0.4, -0.2) is 5.97 Å². The average molecular weight is 298 g/mol. The summed E-state index contributed by atoms with van der Waals surface area (Å²) in [6.07, 6.45) is 0. The van der Waals surface area contributed by atoms with E-state index in [1.165, 1.54) is 18.1 Å². The molecule has 0 aromatic heterocycles. The smallest absolute Gasteiger partial charge is 0.308 e. The molecular weight excluding hydrogens is 276 g/mol. The van der Waals surface area contributed by atoms with Crippen molar-refractivity contribution in [1.29, 1.82) is 0 Å². The highest BCUT2D eigenvalue weighted by molar-refractivity contribution is 5.70. The van der Waals surface area contributed by atoms with E-state index in [-0.39, 0.29) is 5.97 Å². The van der Waals surface area contributed by atoms with E-state index in [2.05, 4.69) is 26.0 Å². The molecule has 0 saturated carbocycles. The number of benzene rings is 2. The van der Waals surface area contributed by atoms with Gasteiger partial charge in [0.25, 0.3) is 0 Å². The van der Waals surface area contributed by atoms with Crippen molar-refractivity contribution in [1.82, 2.24) is 0 Å². The molecule has 22 heavy (non-hydrogen) atoms. The monoisotopic (exact) mass is 298 g/mol. The number of rotatable bonds is 4. The molecule has 0 aliphatic rings. The van der Waals surface area contributed by atoms with Crippen molar-refractivity contribution in [3.8, 4) is 11.5 Å². The summed E-state index contributed by atoms with van der Waals surface area (Å²) in [6.45, 7) is 9.95. The van der Waals surface area contributed by atoms with Crippen LogP contribution in [0.25, 0.3) is 0 Å². The zero-order chi connectivity index (χ0) is 16.3. The highest BCUT2D eigenvalue weighted by atomic mass is 16.5. The zero-order valence-corrected chi connectivity index (χ0v) is 13.8. The van der Waals surface area contributed by atoms with Crippen LogP contribution in [0.2, 0.25) is 0 Å². The number of hydrogen-bond acceptors (Lipinski definition) is 3. The summed E-state index contributed by atoms with van der Waals surface area (Å²) >= 11 is 0. The van der Waals surface area contributed by atoms with Crippen molar-refractivity contribution in [3.63, 3.8) is 0 Å². The quantitative estimate of drug-likeness (QED) is 0.619. The molecule has 116 valence electrons. The Bertz CT molecular complexity index is 702. The maximum atomic E-state index is 11.2.